The van der Waals surface area contributed by atoms with Gasteiger partial charge < -0.3 is 18.3 Å². The van der Waals surface area contributed by atoms with Gasteiger partial charge in [-0.1, -0.05) is 115 Å². The van der Waals surface area contributed by atoms with Crippen LogP contribution in [0.2, 0.25) is 0 Å². The summed E-state index contributed by atoms with van der Waals surface area (Å²) in [7, 11) is 0. The van der Waals surface area contributed by atoms with E-state index >= 15 is 0 Å². The molecule has 0 fully saturated rings. The van der Waals surface area contributed by atoms with Crippen molar-refractivity contribution in [2.75, 3.05) is 4.90 Å². The van der Waals surface area contributed by atoms with Crippen LogP contribution in [0.5, 0.6) is 0 Å². The third-order valence-electron chi connectivity index (χ3n) is 10.4. The number of nitrogens with zero attached hydrogens (tertiary/aromatic N) is 3. The summed E-state index contributed by atoms with van der Waals surface area (Å²) >= 11 is 0. The van der Waals surface area contributed by atoms with Crippen molar-refractivity contribution in [3.8, 4) is 28.3 Å². The quantitative estimate of drug-likeness (QED) is 0.174. The monoisotopic (exact) mass is 693 g/mol. The summed E-state index contributed by atoms with van der Waals surface area (Å²) in [4.78, 5) is 7.30. The first kappa shape index (κ1) is 30.3. The van der Waals surface area contributed by atoms with Gasteiger partial charge in [-0.2, -0.15) is 0 Å². The third-order valence-corrected chi connectivity index (χ3v) is 10.4. The van der Waals surface area contributed by atoms with E-state index in [1.165, 1.54) is 10.8 Å². The maximum atomic E-state index is 6.49. The van der Waals surface area contributed by atoms with Crippen LogP contribution in [-0.4, -0.2) is 9.55 Å². The Bertz CT molecular complexity index is 3160. The fraction of sp³-hybridized carbons (Fsp3) is 0. The van der Waals surface area contributed by atoms with Crippen LogP contribution in [0.3, 0.4) is 0 Å². The number of oxazole rings is 1. The molecule has 3 aromatic heterocycles. The van der Waals surface area contributed by atoms with Crippen molar-refractivity contribution in [1.29, 1.82) is 0 Å². The van der Waals surface area contributed by atoms with Gasteiger partial charge in [0.25, 0.3) is 0 Å². The van der Waals surface area contributed by atoms with Crippen LogP contribution in [0.15, 0.2) is 197 Å². The number of aromatic nitrogens is 2. The van der Waals surface area contributed by atoms with Crippen LogP contribution in [0, 0.1) is 0 Å². The van der Waals surface area contributed by atoms with Crippen molar-refractivity contribution >= 4 is 71.9 Å². The van der Waals surface area contributed by atoms with Crippen LogP contribution in [0.1, 0.15) is 0 Å². The number of hydrogen-bond donors (Lipinski definition) is 0. The first-order valence-corrected chi connectivity index (χ1v) is 18.1. The minimum absolute atomic E-state index is 0.592. The van der Waals surface area contributed by atoms with Gasteiger partial charge in [-0.05, 0) is 72.3 Å². The molecule has 0 spiro atoms. The van der Waals surface area contributed by atoms with Gasteiger partial charge in [0.05, 0.1) is 22.4 Å². The molecule has 0 atom stereocenters. The molecule has 0 unspecified atom stereocenters. The van der Waals surface area contributed by atoms with E-state index in [0.29, 0.717) is 11.5 Å². The summed E-state index contributed by atoms with van der Waals surface area (Å²) in [5.41, 5.74) is 12.8. The van der Waals surface area contributed by atoms with Gasteiger partial charge >= 0.3 is 0 Å². The number of furan rings is 1. The molecule has 0 aliphatic carbocycles. The summed E-state index contributed by atoms with van der Waals surface area (Å²) in [6, 6.07) is 65.8. The summed E-state index contributed by atoms with van der Waals surface area (Å²) in [5, 5.41) is 4.38. The van der Waals surface area contributed by atoms with Gasteiger partial charge in [-0.3, -0.25) is 0 Å². The number of anilines is 3. The largest absolute Gasteiger partial charge is 0.456 e. The highest BCUT2D eigenvalue weighted by atomic mass is 16.4. The zero-order valence-corrected chi connectivity index (χ0v) is 29.1. The Kier molecular flexibility index (Phi) is 6.79. The molecule has 254 valence electrons. The van der Waals surface area contributed by atoms with Gasteiger partial charge in [-0.25, -0.2) is 4.98 Å². The molecular weight excluding hydrogens is 663 g/mol. The Hall–Kier alpha value is -7.37. The van der Waals surface area contributed by atoms with Gasteiger partial charge in [0.2, 0.25) is 5.89 Å². The Morgan fingerprint density at radius 1 is 0.444 bits per heavy atom. The van der Waals surface area contributed by atoms with Gasteiger partial charge in [0.1, 0.15) is 16.7 Å². The average molecular weight is 694 g/mol. The Labute approximate surface area is 310 Å². The maximum absolute atomic E-state index is 6.49. The molecule has 8 aromatic carbocycles. The highest BCUT2D eigenvalue weighted by Gasteiger charge is 2.24. The molecular formula is C49H31N3O2. The Morgan fingerprint density at radius 3 is 1.94 bits per heavy atom. The van der Waals surface area contributed by atoms with Crippen LogP contribution in [0.25, 0.3) is 83.1 Å². The molecule has 11 aromatic rings. The van der Waals surface area contributed by atoms with Crippen molar-refractivity contribution in [3.05, 3.63) is 188 Å². The van der Waals surface area contributed by atoms with E-state index in [1.807, 2.05) is 36.4 Å². The van der Waals surface area contributed by atoms with Crippen LogP contribution >= 0.6 is 0 Å². The molecule has 0 aliphatic rings. The summed E-state index contributed by atoms with van der Waals surface area (Å²) in [6.07, 6.45) is 0. The molecule has 0 aliphatic heterocycles. The van der Waals surface area contributed by atoms with Crippen molar-refractivity contribution in [1.82, 2.24) is 9.55 Å². The number of rotatable bonds is 6. The smallest absolute Gasteiger partial charge is 0.227 e. The fourth-order valence-corrected chi connectivity index (χ4v) is 7.99. The number of fused-ring (bicyclic) bond motifs is 7. The van der Waals surface area contributed by atoms with E-state index in [9.17, 15) is 0 Å². The topological polar surface area (TPSA) is 47.3 Å². The zero-order valence-electron chi connectivity index (χ0n) is 29.1. The molecule has 0 saturated carbocycles. The first-order chi connectivity index (χ1) is 26.8. The SMILES string of the molecule is c1ccc(-c2nc3cc4c(cc3o2)oc2ccc(N(c3ccccc3-c3ccccc3)c3cccc5c6ccccc6n(-c6ccccc6)c35)cc24)cc1. The minimum atomic E-state index is 0.592. The fourth-order valence-electron chi connectivity index (χ4n) is 7.99. The molecule has 3 heterocycles. The standard InChI is InChI=1S/C49H31N3O2/c1-4-15-32(16-5-1)36-21-10-12-24-42(36)51(44-26-14-23-38-37-22-11-13-25-43(37)52(48(38)44)34-19-8-3-9-20-34)35-27-28-45-39(29-35)40-30-41-47(31-46(40)53-45)54-49(50-41)33-17-6-2-7-18-33/h1-31H. The van der Waals surface area contributed by atoms with Gasteiger partial charge in [0, 0.05) is 50.1 Å². The summed E-state index contributed by atoms with van der Waals surface area (Å²) in [5.74, 6) is 0.592. The lowest BCUT2D eigenvalue weighted by atomic mass is 10.0. The lowest BCUT2D eigenvalue weighted by Crippen LogP contribution is -2.12. The second-order valence-electron chi connectivity index (χ2n) is 13.6. The Balaban J connectivity index is 1.19. The molecule has 0 radical (unpaired) electrons. The lowest BCUT2D eigenvalue weighted by molar-refractivity contribution is 0.617. The van der Waals surface area contributed by atoms with Crippen molar-refractivity contribution in [3.63, 3.8) is 0 Å². The maximum Gasteiger partial charge on any atom is 0.227 e. The molecule has 11 rings (SSSR count). The predicted molar refractivity (Wildman–Crippen MR) is 221 cm³/mol. The highest BCUT2D eigenvalue weighted by molar-refractivity contribution is 6.15. The van der Waals surface area contributed by atoms with E-state index in [4.69, 9.17) is 13.8 Å². The molecule has 5 heteroatoms. The van der Waals surface area contributed by atoms with Crippen molar-refractivity contribution in [2.45, 2.75) is 0 Å². The first-order valence-electron chi connectivity index (χ1n) is 18.1. The minimum Gasteiger partial charge on any atom is -0.456 e. The summed E-state index contributed by atoms with van der Waals surface area (Å²) in [6.45, 7) is 0. The number of para-hydroxylation sites is 4. The number of benzene rings is 8. The highest BCUT2D eigenvalue weighted by Crippen LogP contribution is 2.47. The molecule has 0 N–H and O–H groups in total. The van der Waals surface area contributed by atoms with Gasteiger partial charge in [-0.15, -0.1) is 0 Å². The van der Waals surface area contributed by atoms with E-state index in [1.54, 1.807) is 0 Å². The Morgan fingerprint density at radius 2 is 1.11 bits per heavy atom. The predicted octanol–water partition coefficient (Wildman–Crippen LogP) is 13.6. The lowest BCUT2D eigenvalue weighted by Gasteiger charge is -2.29. The zero-order chi connectivity index (χ0) is 35.6. The van der Waals surface area contributed by atoms with E-state index in [0.717, 1.165) is 77.9 Å². The number of hydrogen-bond acceptors (Lipinski definition) is 4. The van der Waals surface area contributed by atoms with Crippen molar-refractivity contribution < 1.29 is 8.83 Å². The average Bonchev–Trinajstić information content (AvgIpc) is 3.93. The normalized spacial score (nSPS) is 11.7. The second kappa shape index (κ2) is 12.1. The summed E-state index contributed by atoms with van der Waals surface area (Å²) < 4.78 is 15.1. The van der Waals surface area contributed by atoms with Crippen LogP contribution in [-0.2, 0) is 0 Å². The second-order valence-corrected chi connectivity index (χ2v) is 13.6. The van der Waals surface area contributed by atoms with E-state index < -0.39 is 0 Å². The van der Waals surface area contributed by atoms with E-state index in [2.05, 4.69) is 161 Å². The molecule has 54 heavy (non-hydrogen) atoms. The van der Waals surface area contributed by atoms with Crippen LogP contribution < -0.4 is 4.90 Å². The van der Waals surface area contributed by atoms with E-state index in [-0.39, 0.29) is 0 Å². The molecule has 0 amide bonds. The van der Waals surface area contributed by atoms with Crippen LogP contribution in [0.4, 0.5) is 17.1 Å². The van der Waals surface area contributed by atoms with Crippen molar-refractivity contribution in [2.24, 2.45) is 0 Å². The molecule has 0 bridgehead atoms. The molecule has 5 nitrogen and oxygen atoms in total. The van der Waals surface area contributed by atoms with Gasteiger partial charge in [0.15, 0.2) is 5.58 Å². The molecule has 0 saturated heterocycles. The third kappa shape index (κ3) is 4.76.